The fourth-order valence-electron chi connectivity index (χ4n) is 3.31. The number of ether oxygens (including phenoxy) is 1. The summed E-state index contributed by atoms with van der Waals surface area (Å²) in [6.07, 6.45) is 1.43. The van der Waals surface area contributed by atoms with Gasteiger partial charge in [0.25, 0.3) is 5.91 Å². The van der Waals surface area contributed by atoms with E-state index in [1.54, 1.807) is 37.3 Å². The number of hydrogen-bond acceptors (Lipinski definition) is 7. The van der Waals surface area contributed by atoms with Crippen molar-refractivity contribution in [2.75, 3.05) is 18.9 Å². The molecule has 9 nitrogen and oxygen atoms in total. The molecule has 1 aromatic heterocycles. The third-order valence-corrected chi connectivity index (χ3v) is 7.38. The molecule has 0 radical (unpaired) electrons. The van der Waals surface area contributed by atoms with Crippen LogP contribution in [0.25, 0.3) is 0 Å². The molecule has 1 amide bonds. The van der Waals surface area contributed by atoms with Gasteiger partial charge in [0, 0.05) is 21.4 Å². The second-order valence-corrected chi connectivity index (χ2v) is 10.8. The molecule has 4 N–H and O–H groups in total. The molecular weight excluding hydrogens is 595 g/mol. The molecule has 36 heavy (non-hydrogen) atoms. The van der Waals surface area contributed by atoms with E-state index in [4.69, 9.17) is 10.5 Å². The van der Waals surface area contributed by atoms with Crippen LogP contribution in [0.15, 0.2) is 71.6 Å². The van der Waals surface area contributed by atoms with Gasteiger partial charge in [0.2, 0.25) is 10.0 Å². The number of nitrogens with two attached hydrogens (primary N) is 1. The van der Waals surface area contributed by atoms with E-state index in [9.17, 15) is 18.0 Å². The number of anilines is 1. The summed E-state index contributed by atoms with van der Waals surface area (Å²) in [5, 5.41) is 2.61. The molecule has 0 aliphatic carbocycles. The Morgan fingerprint density at radius 3 is 2.36 bits per heavy atom. The van der Waals surface area contributed by atoms with Crippen molar-refractivity contribution in [3.8, 4) is 0 Å². The normalized spacial score (nSPS) is 12.1. The molecule has 0 aliphatic rings. The fourth-order valence-corrected chi connectivity index (χ4v) is 4.86. The molecule has 1 heterocycles. The van der Waals surface area contributed by atoms with Crippen LogP contribution in [0, 0.1) is 3.57 Å². The molecule has 0 bridgehead atoms. The average molecular weight is 622 g/mol. The molecule has 11 heteroatoms. The van der Waals surface area contributed by atoms with Crippen molar-refractivity contribution in [1.29, 1.82) is 0 Å². The zero-order valence-electron chi connectivity index (χ0n) is 19.6. The highest BCUT2D eigenvalue weighted by atomic mass is 127. The van der Waals surface area contributed by atoms with Crippen molar-refractivity contribution < 1.29 is 22.7 Å². The van der Waals surface area contributed by atoms with Gasteiger partial charge in [0.05, 0.1) is 11.5 Å². The number of carbonyl (C=O) groups is 2. The zero-order chi connectivity index (χ0) is 26.1. The summed E-state index contributed by atoms with van der Waals surface area (Å²) in [4.78, 5) is 29.3. The monoisotopic (exact) mass is 622 g/mol. The maximum Gasteiger partial charge on any atom is 0.326 e. The molecule has 190 valence electrons. The first-order valence-electron chi connectivity index (χ1n) is 11.2. The first-order chi connectivity index (χ1) is 17.2. The number of aryl methyl sites for hydroxylation is 2. The maximum atomic E-state index is 12.8. The maximum absolute atomic E-state index is 12.8. The number of hydrogen-bond donors (Lipinski definition) is 3. The first kappa shape index (κ1) is 27.6. The lowest BCUT2D eigenvalue weighted by Gasteiger charge is -2.18. The number of amides is 1. The third kappa shape index (κ3) is 8.00. The highest BCUT2D eigenvalue weighted by Crippen LogP contribution is 2.13. The first-order valence-corrected chi connectivity index (χ1v) is 13.8. The molecule has 0 spiro atoms. The number of nitrogens with one attached hydrogen (secondary N) is 2. The van der Waals surface area contributed by atoms with E-state index in [2.05, 4.69) is 37.6 Å². The number of carbonyl (C=O) groups excluding carboxylic acids is 2. The van der Waals surface area contributed by atoms with Crippen LogP contribution in [0.5, 0.6) is 0 Å². The molecule has 3 aromatic rings. The Labute approximate surface area is 224 Å². The van der Waals surface area contributed by atoms with E-state index in [0.29, 0.717) is 17.8 Å². The number of aromatic nitrogens is 1. The van der Waals surface area contributed by atoms with Gasteiger partial charge in [-0.1, -0.05) is 18.2 Å². The van der Waals surface area contributed by atoms with E-state index in [0.717, 1.165) is 21.2 Å². The average Bonchev–Trinajstić information content (AvgIpc) is 2.86. The topological polar surface area (TPSA) is 140 Å². The second-order valence-electron chi connectivity index (χ2n) is 7.84. The minimum Gasteiger partial charge on any atom is -0.465 e. The molecule has 3 rings (SSSR count). The third-order valence-electron chi connectivity index (χ3n) is 5.17. The van der Waals surface area contributed by atoms with E-state index in [-0.39, 0.29) is 18.0 Å². The Bertz CT molecular complexity index is 1300. The number of sulfonamides is 1. The highest BCUT2D eigenvalue weighted by molar-refractivity contribution is 14.1. The number of halogens is 1. The lowest BCUT2D eigenvalue weighted by molar-refractivity contribution is -0.144. The van der Waals surface area contributed by atoms with Gasteiger partial charge in [0.15, 0.2) is 0 Å². The van der Waals surface area contributed by atoms with Crippen LogP contribution in [-0.4, -0.2) is 44.5 Å². The summed E-state index contributed by atoms with van der Waals surface area (Å²) in [5.41, 5.74) is 7.99. The quantitative estimate of drug-likeness (QED) is 0.221. The molecule has 2 aromatic carbocycles. The lowest BCUT2D eigenvalue weighted by atomic mass is 10.1. The number of nitrogen functional groups attached to an aromatic ring is 1. The van der Waals surface area contributed by atoms with E-state index >= 15 is 0 Å². The highest BCUT2D eigenvalue weighted by Gasteiger charge is 2.27. The second kappa shape index (κ2) is 12.8. The molecule has 0 unspecified atom stereocenters. The van der Waals surface area contributed by atoms with Crippen LogP contribution in [0.1, 0.15) is 28.5 Å². The molecule has 0 fully saturated rings. The summed E-state index contributed by atoms with van der Waals surface area (Å²) in [5.74, 6) is -0.749. The van der Waals surface area contributed by atoms with Crippen molar-refractivity contribution in [3.05, 3.63) is 87.1 Å². The standard InChI is InChI=1S/C25H27IN4O5S/c1-2-35-25(32)22(30-36(33,34)21-14-11-19(26)12-15-21)16-28-24(31)18-9-6-17(7-10-18)8-13-20-4-3-5-23(27)29-20/h3-7,9-12,14-15,22,30H,2,8,13,16H2,1H3,(H2,27,29)(H,28,31)/t22-/m1/s1. The number of rotatable bonds is 11. The zero-order valence-corrected chi connectivity index (χ0v) is 22.6. The molecular formula is C25H27IN4O5S. The van der Waals surface area contributed by atoms with Crippen LogP contribution >= 0.6 is 22.6 Å². The van der Waals surface area contributed by atoms with E-state index < -0.39 is 27.9 Å². The summed E-state index contributed by atoms with van der Waals surface area (Å²) in [6, 6.07) is 17.4. The molecule has 0 aliphatic heterocycles. The fraction of sp³-hybridized carbons (Fsp3) is 0.240. The Balaban J connectivity index is 1.61. The van der Waals surface area contributed by atoms with Gasteiger partial charge >= 0.3 is 5.97 Å². The SMILES string of the molecule is CCOC(=O)[C@@H](CNC(=O)c1ccc(CCc2cccc(N)n2)cc1)NS(=O)(=O)c1ccc(I)cc1. The molecule has 0 saturated carbocycles. The van der Waals surface area contributed by atoms with Crippen LogP contribution < -0.4 is 15.8 Å². The number of benzene rings is 2. The molecule has 1 atom stereocenters. The Morgan fingerprint density at radius 1 is 1.03 bits per heavy atom. The van der Waals surface area contributed by atoms with Gasteiger partial charge in [-0.3, -0.25) is 9.59 Å². The summed E-state index contributed by atoms with van der Waals surface area (Å²) in [6.45, 7) is 1.41. The minimum absolute atomic E-state index is 0.00696. The van der Waals surface area contributed by atoms with Crippen molar-refractivity contribution in [2.24, 2.45) is 0 Å². The summed E-state index contributed by atoms with van der Waals surface area (Å²) in [7, 11) is -4.01. The predicted molar refractivity (Wildman–Crippen MR) is 145 cm³/mol. The van der Waals surface area contributed by atoms with Gasteiger partial charge in [-0.05, 0) is 96.5 Å². The largest absolute Gasteiger partial charge is 0.465 e. The van der Waals surface area contributed by atoms with Crippen LogP contribution in [-0.2, 0) is 32.4 Å². The van der Waals surface area contributed by atoms with Gasteiger partial charge in [0.1, 0.15) is 11.9 Å². The lowest BCUT2D eigenvalue weighted by Crippen LogP contribution is -2.49. The smallest absolute Gasteiger partial charge is 0.326 e. The molecule has 0 saturated heterocycles. The van der Waals surface area contributed by atoms with Crippen molar-refractivity contribution in [2.45, 2.75) is 30.7 Å². The number of esters is 1. The summed E-state index contributed by atoms with van der Waals surface area (Å²) >= 11 is 2.06. The van der Waals surface area contributed by atoms with Gasteiger partial charge in [-0.2, -0.15) is 4.72 Å². The Morgan fingerprint density at radius 2 is 1.72 bits per heavy atom. The van der Waals surface area contributed by atoms with Crippen LogP contribution in [0.2, 0.25) is 0 Å². The van der Waals surface area contributed by atoms with Gasteiger partial charge in [-0.15, -0.1) is 0 Å². The number of nitrogens with zero attached hydrogens (tertiary/aromatic N) is 1. The van der Waals surface area contributed by atoms with Crippen molar-refractivity contribution in [1.82, 2.24) is 15.0 Å². The van der Waals surface area contributed by atoms with Crippen molar-refractivity contribution >= 4 is 50.3 Å². The van der Waals surface area contributed by atoms with Crippen LogP contribution in [0.3, 0.4) is 0 Å². The van der Waals surface area contributed by atoms with Crippen molar-refractivity contribution in [3.63, 3.8) is 0 Å². The summed E-state index contributed by atoms with van der Waals surface area (Å²) < 4.78 is 33.7. The van der Waals surface area contributed by atoms with Crippen LogP contribution in [0.4, 0.5) is 5.82 Å². The van der Waals surface area contributed by atoms with Gasteiger partial charge < -0.3 is 15.8 Å². The van der Waals surface area contributed by atoms with Gasteiger partial charge in [-0.25, -0.2) is 13.4 Å². The van der Waals surface area contributed by atoms with E-state index in [1.165, 1.54) is 12.1 Å². The van der Waals surface area contributed by atoms with E-state index in [1.807, 2.05) is 24.3 Å². The Hall–Kier alpha value is -3.03. The number of pyridine rings is 1. The Kier molecular flexibility index (Phi) is 9.79. The predicted octanol–water partition coefficient (Wildman–Crippen LogP) is 2.69. The minimum atomic E-state index is -4.01.